The van der Waals surface area contributed by atoms with Gasteiger partial charge in [0, 0.05) is 18.8 Å². The van der Waals surface area contributed by atoms with Gasteiger partial charge in [-0.15, -0.1) is 0 Å². The number of fused-ring (bicyclic) bond motifs is 1. The van der Waals surface area contributed by atoms with Gasteiger partial charge in [-0.05, 0) is 18.1 Å². The Hall–Kier alpha value is -2.30. The summed E-state index contributed by atoms with van der Waals surface area (Å²) in [7, 11) is 1.74. The molecule has 4 nitrogen and oxygen atoms in total. The minimum absolute atomic E-state index is 0.121. The second kappa shape index (κ2) is 4.12. The third kappa shape index (κ3) is 1.78. The van der Waals surface area contributed by atoms with E-state index in [0.29, 0.717) is 11.1 Å². The van der Waals surface area contributed by atoms with Crippen molar-refractivity contribution in [1.82, 2.24) is 9.55 Å². The lowest BCUT2D eigenvalue weighted by Crippen LogP contribution is -2.21. The molecule has 96 valence electrons. The van der Waals surface area contributed by atoms with Crippen LogP contribution in [0.15, 0.2) is 30.7 Å². The summed E-state index contributed by atoms with van der Waals surface area (Å²) in [6.45, 7) is 0. The fourth-order valence-corrected chi connectivity index (χ4v) is 2.41. The quantitative estimate of drug-likeness (QED) is 0.609. The number of rotatable bonds is 2. The first kappa shape index (κ1) is 11.8. The maximum atomic E-state index is 13.6. The Balaban J connectivity index is 1.96. The number of imidazole rings is 1. The first-order valence-corrected chi connectivity index (χ1v) is 5.91. The fourth-order valence-electron chi connectivity index (χ4n) is 2.41. The van der Waals surface area contributed by atoms with Crippen LogP contribution in [0.1, 0.15) is 26.4 Å². The number of carbonyl (C=O) groups excluding carboxylic acids is 2. The Labute approximate surface area is 108 Å². The van der Waals surface area contributed by atoms with E-state index in [9.17, 15) is 14.0 Å². The lowest BCUT2D eigenvalue weighted by molar-refractivity contribution is 0.0819. The first-order valence-electron chi connectivity index (χ1n) is 5.91. The number of halogens is 1. The highest BCUT2D eigenvalue weighted by atomic mass is 19.1. The lowest BCUT2D eigenvalue weighted by atomic mass is 9.98. The molecular weight excluding hydrogens is 247 g/mol. The molecule has 0 amide bonds. The van der Waals surface area contributed by atoms with Crippen LogP contribution in [0.5, 0.6) is 0 Å². The molecule has 0 radical (unpaired) electrons. The number of hydrogen-bond acceptors (Lipinski definition) is 3. The second-order valence-corrected chi connectivity index (χ2v) is 4.68. The summed E-state index contributed by atoms with van der Waals surface area (Å²) in [6, 6.07) is 4.35. The topological polar surface area (TPSA) is 52.0 Å². The van der Waals surface area contributed by atoms with Crippen LogP contribution < -0.4 is 0 Å². The van der Waals surface area contributed by atoms with Crippen molar-refractivity contribution in [2.24, 2.45) is 13.0 Å². The highest BCUT2D eigenvalue weighted by Crippen LogP contribution is 2.30. The van der Waals surface area contributed by atoms with Gasteiger partial charge in [-0.25, -0.2) is 9.37 Å². The summed E-state index contributed by atoms with van der Waals surface area (Å²) >= 11 is 0. The lowest BCUT2D eigenvalue weighted by Gasteiger charge is -2.03. The molecular formula is C14H11FN2O2. The molecule has 1 unspecified atom stereocenters. The van der Waals surface area contributed by atoms with Crippen molar-refractivity contribution in [2.45, 2.75) is 6.42 Å². The van der Waals surface area contributed by atoms with Crippen LogP contribution in [0, 0.1) is 11.7 Å². The van der Waals surface area contributed by atoms with E-state index >= 15 is 0 Å². The second-order valence-electron chi connectivity index (χ2n) is 4.68. The maximum absolute atomic E-state index is 13.6. The molecule has 1 aromatic carbocycles. The van der Waals surface area contributed by atoms with E-state index in [0.717, 1.165) is 0 Å². The van der Waals surface area contributed by atoms with Crippen molar-refractivity contribution in [1.29, 1.82) is 0 Å². The molecule has 5 heteroatoms. The zero-order valence-electron chi connectivity index (χ0n) is 10.3. The van der Waals surface area contributed by atoms with E-state index < -0.39 is 11.7 Å². The van der Waals surface area contributed by atoms with Crippen molar-refractivity contribution >= 4 is 11.6 Å². The van der Waals surface area contributed by atoms with Gasteiger partial charge >= 0.3 is 0 Å². The number of hydrogen-bond donors (Lipinski definition) is 0. The Morgan fingerprint density at radius 1 is 1.47 bits per heavy atom. The molecule has 2 aromatic rings. The van der Waals surface area contributed by atoms with Crippen molar-refractivity contribution in [3.63, 3.8) is 0 Å². The number of aromatic nitrogens is 2. The molecule has 1 atom stereocenters. The van der Waals surface area contributed by atoms with Gasteiger partial charge in [0.1, 0.15) is 11.5 Å². The summed E-state index contributed by atoms with van der Waals surface area (Å²) < 4.78 is 15.3. The maximum Gasteiger partial charge on any atom is 0.193 e. The van der Waals surface area contributed by atoms with Crippen molar-refractivity contribution < 1.29 is 14.0 Å². The molecule has 0 spiro atoms. The molecule has 19 heavy (non-hydrogen) atoms. The molecule has 0 bridgehead atoms. The molecule has 1 heterocycles. The number of carbonyl (C=O) groups is 2. The van der Waals surface area contributed by atoms with E-state index in [1.165, 1.54) is 18.5 Å². The predicted octanol–water partition coefficient (Wildman–Crippen LogP) is 1.80. The highest BCUT2D eigenvalue weighted by molar-refractivity contribution is 6.18. The van der Waals surface area contributed by atoms with Gasteiger partial charge in [0.2, 0.25) is 0 Å². The van der Waals surface area contributed by atoms with Gasteiger partial charge in [-0.3, -0.25) is 9.59 Å². The minimum atomic E-state index is -0.846. The molecule has 0 N–H and O–H groups in total. The standard InChI is InChI=1S/C14H11FN2O2/c1-17-6-12(16-7-17)14(19)10-5-9-8(13(10)18)3-2-4-11(9)15/h2-4,6-7,10H,5H2,1H3. The molecule has 1 aliphatic rings. The minimum Gasteiger partial charge on any atom is -0.340 e. The van der Waals surface area contributed by atoms with Crippen LogP contribution >= 0.6 is 0 Å². The van der Waals surface area contributed by atoms with Crippen LogP contribution in [0.2, 0.25) is 0 Å². The van der Waals surface area contributed by atoms with Gasteiger partial charge in [0.25, 0.3) is 0 Å². The number of benzene rings is 1. The van der Waals surface area contributed by atoms with E-state index in [4.69, 9.17) is 0 Å². The molecule has 0 aliphatic heterocycles. The number of nitrogens with zero attached hydrogens (tertiary/aromatic N) is 2. The first-order chi connectivity index (χ1) is 9.08. The number of aryl methyl sites for hydroxylation is 1. The zero-order chi connectivity index (χ0) is 13.6. The average molecular weight is 258 g/mol. The van der Waals surface area contributed by atoms with Crippen LogP contribution in [0.3, 0.4) is 0 Å². The molecule has 1 aliphatic carbocycles. The Kier molecular flexibility index (Phi) is 2.55. The zero-order valence-corrected chi connectivity index (χ0v) is 10.3. The summed E-state index contributed by atoms with van der Waals surface area (Å²) in [5, 5.41) is 0. The van der Waals surface area contributed by atoms with E-state index in [1.807, 2.05) is 0 Å². The Morgan fingerprint density at radius 2 is 2.26 bits per heavy atom. The normalized spacial score (nSPS) is 17.6. The van der Waals surface area contributed by atoms with Crippen LogP contribution in [0.25, 0.3) is 0 Å². The Bertz CT molecular complexity index is 691. The van der Waals surface area contributed by atoms with Crippen molar-refractivity contribution in [3.05, 3.63) is 53.4 Å². The van der Waals surface area contributed by atoms with Crippen LogP contribution in [0.4, 0.5) is 4.39 Å². The van der Waals surface area contributed by atoms with Gasteiger partial charge < -0.3 is 4.57 Å². The van der Waals surface area contributed by atoms with Crippen LogP contribution in [-0.2, 0) is 13.5 Å². The predicted molar refractivity (Wildman–Crippen MR) is 65.5 cm³/mol. The van der Waals surface area contributed by atoms with E-state index in [1.54, 1.807) is 23.9 Å². The summed E-state index contributed by atoms with van der Waals surface area (Å²) in [6.07, 6.45) is 3.19. The smallest absolute Gasteiger partial charge is 0.193 e. The Morgan fingerprint density at radius 3 is 2.89 bits per heavy atom. The number of ketones is 2. The summed E-state index contributed by atoms with van der Waals surface area (Å²) in [5.41, 5.74) is 0.894. The van der Waals surface area contributed by atoms with Gasteiger partial charge in [-0.2, -0.15) is 0 Å². The fraction of sp³-hybridized carbons (Fsp3) is 0.214. The summed E-state index contributed by atoms with van der Waals surface area (Å²) in [5.74, 6) is -1.93. The van der Waals surface area contributed by atoms with Crippen LogP contribution in [-0.4, -0.2) is 21.1 Å². The SMILES string of the molecule is Cn1cnc(C(=O)C2Cc3c(F)cccc3C2=O)c1. The van der Waals surface area contributed by atoms with E-state index in [2.05, 4.69) is 4.98 Å². The third-order valence-corrected chi connectivity index (χ3v) is 3.38. The monoisotopic (exact) mass is 258 g/mol. The molecule has 0 fully saturated rings. The van der Waals surface area contributed by atoms with Gasteiger partial charge in [0.15, 0.2) is 11.6 Å². The molecule has 0 saturated carbocycles. The molecule has 1 aromatic heterocycles. The summed E-state index contributed by atoms with van der Waals surface area (Å²) in [4.78, 5) is 28.3. The third-order valence-electron chi connectivity index (χ3n) is 3.38. The van der Waals surface area contributed by atoms with Crippen molar-refractivity contribution in [3.8, 4) is 0 Å². The van der Waals surface area contributed by atoms with Gasteiger partial charge in [-0.1, -0.05) is 12.1 Å². The van der Waals surface area contributed by atoms with Gasteiger partial charge in [0.05, 0.1) is 12.2 Å². The van der Waals surface area contributed by atoms with E-state index in [-0.39, 0.29) is 23.7 Å². The molecule has 3 rings (SSSR count). The largest absolute Gasteiger partial charge is 0.340 e. The number of Topliss-reactive ketones (excluding diaryl/α,β-unsaturated/α-hetero) is 2. The average Bonchev–Trinajstić information content (AvgIpc) is 2.95. The highest BCUT2D eigenvalue weighted by Gasteiger charge is 2.38. The molecule has 0 saturated heterocycles. The van der Waals surface area contributed by atoms with Crippen molar-refractivity contribution in [2.75, 3.05) is 0 Å².